The molecule has 0 amide bonds. The van der Waals surface area contributed by atoms with Crippen LogP contribution in [-0.4, -0.2) is 6.04 Å². The number of hydrogen-bond acceptors (Lipinski definition) is 2. The number of allylic oxidation sites excluding steroid dienone is 2. The Hall–Kier alpha value is -4.82. The Bertz CT molecular complexity index is 2100. The van der Waals surface area contributed by atoms with E-state index in [1.54, 1.807) is 0 Å². The van der Waals surface area contributed by atoms with Gasteiger partial charge in [-0.2, -0.15) is 0 Å². The van der Waals surface area contributed by atoms with Gasteiger partial charge in [0, 0.05) is 39.9 Å². The van der Waals surface area contributed by atoms with Crippen molar-refractivity contribution < 1.29 is 0 Å². The Balaban J connectivity index is 1.48. The summed E-state index contributed by atoms with van der Waals surface area (Å²) in [7, 11) is 0. The van der Waals surface area contributed by atoms with Gasteiger partial charge in [-0.3, -0.25) is 0 Å². The number of unbranched alkanes of at least 4 members (excludes halogenated alkanes) is 4. The van der Waals surface area contributed by atoms with Crippen LogP contribution in [-0.2, 0) is 23.7 Å². The van der Waals surface area contributed by atoms with Crippen LogP contribution in [0.3, 0.4) is 0 Å². The van der Waals surface area contributed by atoms with Crippen LogP contribution in [0.1, 0.15) is 147 Å². The van der Waals surface area contributed by atoms with Crippen molar-refractivity contribution in [2.75, 3.05) is 9.80 Å². The Morgan fingerprint density at radius 2 is 1.00 bits per heavy atom. The van der Waals surface area contributed by atoms with Crippen LogP contribution < -0.4 is 9.80 Å². The molecule has 2 nitrogen and oxygen atoms in total. The maximum atomic E-state index is 4.13. The minimum absolute atomic E-state index is 0.0874. The van der Waals surface area contributed by atoms with E-state index in [0.29, 0.717) is 6.04 Å². The largest absolute Gasteiger partial charge is 0.339 e. The number of fused-ring (bicyclic) bond motifs is 3. The molecule has 0 heterocycles. The van der Waals surface area contributed by atoms with Crippen LogP contribution >= 0.6 is 0 Å². The van der Waals surface area contributed by atoms with Gasteiger partial charge < -0.3 is 9.80 Å². The van der Waals surface area contributed by atoms with Crippen molar-refractivity contribution in [3.8, 4) is 11.1 Å². The third kappa shape index (κ3) is 9.64. The highest BCUT2D eigenvalue weighted by molar-refractivity contribution is 5.86. The molecule has 2 heteroatoms. The maximum Gasteiger partial charge on any atom is 0.0465 e. The monoisotopic (exact) mass is 785 g/mol. The first-order chi connectivity index (χ1) is 28.6. The summed E-state index contributed by atoms with van der Waals surface area (Å²) in [6, 6.07) is 43.0. The van der Waals surface area contributed by atoms with Gasteiger partial charge >= 0.3 is 0 Å². The second kappa shape index (κ2) is 20.0. The fourth-order valence-corrected chi connectivity index (χ4v) is 9.36. The molecule has 59 heavy (non-hydrogen) atoms. The summed E-state index contributed by atoms with van der Waals surface area (Å²) >= 11 is 0. The van der Waals surface area contributed by atoms with Gasteiger partial charge in [-0.1, -0.05) is 108 Å². The highest BCUT2D eigenvalue weighted by atomic mass is 15.2. The van der Waals surface area contributed by atoms with Gasteiger partial charge in [-0.15, -0.1) is 13.2 Å². The lowest BCUT2D eigenvalue weighted by atomic mass is 9.69. The third-order valence-electron chi connectivity index (χ3n) is 13.2. The first kappa shape index (κ1) is 43.8. The lowest BCUT2D eigenvalue weighted by molar-refractivity contribution is 0.420. The van der Waals surface area contributed by atoms with Crippen molar-refractivity contribution in [2.24, 2.45) is 0 Å². The molecule has 6 rings (SSSR count). The number of anilines is 5. The van der Waals surface area contributed by atoms with Crippen LogP contribution in [0.25, 0.3) is 11.1 Å². The van der Waals surface area contributed by atoms with Crippen molar-refractivity contribution in [1.82, 2.24) is 0 Å². The van der Waals surface area contributed by atoms with Crippen molar-refractivity contribution >= 4 is 28.4 Å². The summed E-state index contributed by atoms with van der Waals surface area (Å²) in [6.45, 7) is 24.5. The number of benzene rings is 5. The Kier molecular flexibility index (Phi) is 14.8. The molecular formula is C57H72N2. The zero-order valence-corrected chi connectivity index (χ0v) is 37.6. The van der Waals surface area contributed by atoms with Crippen LogP contribution in [0.2, 0.25) is 0 Å². The molecule has 0 radical (unpaired) electrons. The first-order valence-corrected chi connectivity index (χ1v) is 23.0. The smallest absolute Gasteiger partial charge is 0.0465 e. The number of hydrogen-bond donors (Lipinski definition) is 0. The topological polar surface area (TPSA) is 6.48 Å². The molecule has 0 spiro atoms. The van der Waals surface area contributed by atoms with Gasteiger partial charge in [0.15, 0.2) is 0 Å². The Morgan fingerprint density at radius 3 is 1.47 bits per heavy atom. The first-order valence-electron chi connectivity index (χ1n) is 23.0. The molecule has 0 aromatic heterocycles. The summed E-state index contributed by atoms with van der Waals surface area (Å²) in [5, 5.41) is 0. The zero-order chi connectivity index (χ0) is 42.0. The highest BCUT2D eigenvalue weighted by Gasteiger charge is 2.43. The average molecular weight is 785 g/mol. The predicted octanol–water partition coefficient (Wildman–Crippen LogP) is 17.1. The Morgan fingerprint density at radius 1 is 0.559 bits per heavy atom. The summed E-state index contributed by atoms with van der Waals surface area (Å²) in [5.74, 6) is 0. The van der Waals surface area contributed by atoms with E-state index in [2.05, 4.69) is 193 Å². The minimum atomic E-state index is -0.0874. The predicted molar refractivity (Wildman–Crippen MR) is 260 cm³/mol. The standard InChI is InChI=1S/C57H72N2/c1-10-15-19-39-57(40-20-16-11-2)54-41-46(56(8,9)14-5)27-37-52(54)53-38-36-51(42-55(53)57)59(49-30-25-45(26-31-49)22-18-13-4)50-34-32-48(33-35-50)58(43(6)7)47-28-23-44(24-29-47)21-17-12-3/h10-11,23-38,41-43H,1-2,12-22,39-40H2,3-9H3. The van der Waals surface area contributed by atoms with Gasteiger partial charge in [0.1, 0.15) is 0 Å². The van der Waals surface area contributed by atoms with Crippen LogP contribution in [0, 0.1) is 0 Å². The molecule has 5 aromatic carbocycles. The van der Waals surface area contributed by atoms with Crippen LogP contribution in [0.4, 0.5) is 28.4 Å². The number of rotatable bonds is 22. The summed E-state index contributed by atoms with van der Waals surface area (Å²) in [6.07, 6.45) is 18.9. The van der Waals surface area contributed by atoms with E-state index < -0.39 is 0 Å². The molecule has 310 valence electrons. The normalized spacial score (nSPS) is 12.9. The molecule has 0 atom stereocenters. The Labute approximate surface area is 359 Å². The van der Waals surface area contributed by atoms with E-state index in [0.717, 1.165) is 57.8 Å². The number of aryl methyl sites for hydroxylation is 2. The van der Waals surface area contributed by atoms with Gasteiger partial charge in [-0.25, -0.2) is 0 Å². The fraction of sp³-hybridized carbons (Fsp3) is 0.404. The molecule has 0 saturated heterocycles. The van der Waals surface area contributed by atoms with Crippen LogP contribution in [0.5, 0.6) is 0 Å². The molecule has 1 aliphatic rings. The van der Waals surface area contributed by atoms with Gasteiger partial charge in [0.05, 0.1) is 0 Å². The van der Waals surface area contributed by atoms with E-state index in [1.165, 1.54) is 93.1 Å². The van der Waals surface area contributed by atoms with E-state index in [-0.39, 0.29) is 10.8 Å². The van der Waals surface area contributed by atoms with Crippen molar-refractivity contribution in [1.29, 1.82) is 0 Å². The van der Waals surface area contributed by atoms with Crippen LogP contribution in [0.15, 0.2) is 135 Å². The zero-order valence-electron chi connectivity index (χ0n) is 37.6. The second-order valence-corrected chi connectivity index (χ2v) is 18.0. The quantitative estimate of drug-likeness (QED) is 0.0509. The summed E-state index contributed by atoms with van der Waals surface area (Å²) in [5.41, 5.74) is 16.1. The van der Waals surface area contributed by atoms with Gasteiger partial charge in [0.2, 0.25) is 0 Å². The molecule has 0 N–H and O–H groups in total. The summed E-state index contributed by atoms with van der Waals surface area (Å²) in [4.78, 5) is 4.95. The minimum Gasteiger partial charge on any atom is -0.339 e. The van der Waals surface area contributed by atoms with Crippen molar-refractivity contribution in [2.45, 2.75) is 149 Å². The molecule has 0 fully saturated rings. The molecular weight excluding hydrogens is 713 g/mol. The second-order valence-electron chi connectivity index (χ2n) is 18.0. The number of nitrogens with zero attached hydrogens (tertiary/aromatic N) is 2. The highest BCUT2D eigenvalue weighted by Crippen LogP contribution is 2.56. The SMILES string of the molecule is C=CCCCC1(CCCC=C)c2cc(N(c3ccc(CCCC)cc3)c3ccc(N(c4ccc(CCCC)cc4)C(C)C)cc3)ccc2-c2ccc(C(C)(C)CC)cc21. The van der Waals surface area contributed by atoms with Gasteiger partial charge in [0.25, 0.3) is 0 Å². The van der Waals surface area contributed by atoms with Crippen molar-refractivity contribution in [3.63, 3.8) is 0 Å². The summed E-state index contributed by atoms with van der Waals surface area (Å²) < 4.78 is 0. The van der Waals surface area contributed by atoms with E-state index >= 15 is 0 Å². The average Bonchev–Trinajstić information content (AvgIpc) is 3.52. The molecule has 5 aromatic rings. The molecule has 0 aliphatic heterocycles. The van der Waals surface area contributed by atoms with E-state index in [9.17, 15) is 0 Å². The van der Waals surface area contributed by atoms with Crippen molar-refractivity contribution in [3.05, 3.63) is 162 Å². The molecule has 0 bridgehead atoms. The molecule has 1 aliphatic carbocycles. The third-order valence-corrected chi connectivity index (χ3v) is 13.2. The fourth-order valence-electron chi connectivity index (χ4n) is 9.36. The molecule has 0 unspecified atom stereocenters. The lowest BCUT2D eigenvalue weighted by Gasteiger charge is -2.35. The van der Waals surface area contributed by atoms with Gasteiger partial charge in [-0.05, 0) is 189 Å². The lowest BCUT2D eigenvalue weighted by Crippen LogP contribution is -2.27. The van der Waals surface area contributed by atoms with E-state index in [4.69, 9.17) is 0 Å². The maximum absolute atomic E-state index is 4.13. The van der Waals surface area contributed by atoms with E-state index in [1.807, 2.05) is 0 Å². The molecule has 0 saturated carbocycles.